The molecule has 31 heavy (non-hydrogen) atoms. The number of nitrogen functional groups attached to an aromatic ring is 1. The Bertz CT molecular complexity index is 1110. The van der Waals surface area contributed by atoms with Gasteiger partial charge in [-0.3, -0.25) is 4.79 Å². The van der Waals surface area contributed by atoms with E-state index in [0.717, 1.165) is 22.2 Å². The number of thiophene rings is 1. The van der Waals surface area contributed by atoms with Gasteiger partial charge in [0.15, 0.2) is 5.82 Å². The Hall–Kier alpha value is -2.92. The van der Waals surface area contributed by atoms with E-state index in [-0.39, 0.29) is 30.5 Å². The number of rotatable bonds is 8. The van der Waals surface area contributed by atoms with Crippen LogP contribution in [0.15, 0.2) is 29.4 Å². The minimum absolute atomic E-state index is 0.00723. The van der Waals surface area contributed by atoms with E-state index in [9.17, 15) is 14.0 Å². The Labute approximate surface area is 187 Å². The monoisotopic (exact) mass is 463 g/mol. The molecule has 0 aliphatic rings. The highest BCUT2D eigenvalue weighted by Gasteiger charge is 2.22. The fourth-order valence-corrected chi connectivity index (χ4v) is 4.54. The number of thioether (sulfide) groups is 1. The van der Waals surface area contributed by atoms with Gasteiger partial charge in [-0.15, -0.1) is 21.5 Å². The van der Waals surface area contributed by atoms with Crippen LogP contribution in [0, 0.1) is 19.7 Å². The molecule has 11 heteroatoms. The van der Waals surface area contributed by atoms with Gasteiger partial charge in [0.25, 0.3) is 0 Å². The molecule has 8 nitrogen and oxygen atoms in total. The van der Waals surface area contributed by atoms with Gasteiger partial charge in [-0.1, -0.05) is 30.0 Å². The molecule has 0 spiro atoms. The summed E-state index contributed by atoms with van der Waals surface area (Å²) in [6, 6.07) is 6.35. The summed E-state index contributed by atoms with van der Waals surface area (Å²) in [5.74, 6) is 5.26. The normalized spacial score (nSPS) is 10.8. The molecule has 1 amide bonds. The third-order valence-electron chi connectivity index (χ3n) is 4.49. The second kappa shape index (κ2) is 9.92. The highest BCUT2D eigenvalue weighted by molar-refractivity contribution is 7.99. The summed E-state index contributed by atoms with van der Waals surface area (Å²) in [7, 11) is 0. The van der Waals surface area contributed by atoms with Crippen molar-refractivity contribution in [3.8, 4) is 0 Å². The molecule has 2 aromatic heterocycles. The summed E-state index contributed by atoms with van der Waals surface area (Å²) in [5, 5.41) is 11.5. The van der Waals surface area contributed by atoms with E-state index in [1.807, 2.05) is 13.8 Å². The number of ether oxygens (including phenoxy) is 1. The molecule has 0 unspecified atom stereocenters. The zero-order valence-electron chi connectivity index (χ0n) is 17.3. The van der Waals surface area contributed by atoms with Crippen molar-refractivity contribution in [3.63, 3.8) is 0 Å². The summed E-state index contributed by atoms with van der Waals surface area (Å²) < 4.78 is 20.2. The van der Waals surface area contributed by atoms with E-state index < -0.39 is 5.97 Å². The fourth-order valence-electron chi connectivity index (χ4n) is 2.80. The molecular formula is C20H22FN5O3S2. The first-order valence-electron chi connectivity index (χ1n) is 9.44. The van der Waals surface area contributed by atoms with E-state index >= 15 is 0 Å². The summed E-state index contributed by atoms with van der Waals surface area (Å²) in [4.78, 5) is 25.6. The van der Waals surface area contributed by atoms with Gasteiger partial charge in [0.1, 0.15) is 10.8 Å². The number of nitrogens with zero attached hydrogens (tertiary/aromatic N) is 3. The minimum atomic E-state index is -0.466. The van der Waals surface area contributed by atoms with Crippen LogP contribution in [0.5, 0.6) is 0 Å². The number of nitrogens with two attached hydrogens (primary N) is 1. The van der Waals surface area contributed by atoms with Crippen molar-refractivity contribution in [2.45, 2.75) is 32.3 Å². The Morgan fingerprint density at radius 3 is 2.74 bits per heavy atom. The van der Waals surface area contributed by atoms with Gasteiger partial charge >= 0.3 is 5.97 Å². The summed E-state index contributed by atoms with van der Waals surface area (Å²) >= 11 is 2.41. The standard InChI is InChI=1S/C20H22FN5O3S2/c1-4-29-19(28)17-11(2)12(3)31-18(17)23-16(27)10-30-20-25-24-15(26(20)22)9-13-7-5-6-8-14(13)21/h5-8H,4,9-10,22H2,1-3H3,(H,23,27). The smallest absolute Gasteiger partial charge is 0.341 e. The van der Waals surface area contributed by atoms with E-state index in [1.54, 1.807) is 25.1 Å². The van der Waals surface area contributed by atoms with Gasteiger partial charge < -0.3 is 15.9 Å². The lowest BCUT2D eigenvalue weighted by atomic mass is 10.1. The average Bonchev–Trinajstić information content (AvgIpc) is 3.21. The van der Waals surface area contributed by atoms with Crippen molar-refractivity contribution in [2.75, 3.05) is 23.5 Å². The van der Waals surface area contributed by atoms with Crippen LogP contribution in [-0.2, 0) is 16.0 Å². The molecule has 3 rings (SSSR count). The van der Waals surface area contributed by atoms with Gasteiger partial charge in [-0.05, 0) is 38.0 Å². The highest BCUT2D eigenvalue weighted by Crippen LogP contribution is 2.33. The Balaban J connectivity index is 1.65. The van der Waals surface area contributed by atoms with Crippen LogP contribution in [-0.4, -0.2) is 39.1 Å². The molecule has 3 aromatic rings. The largest absolute Gasteiger partial charge is 0.462 e. The lowest BCUT2D eigenvalue weighted by Gasteiger charge is -2.07. The van der Waals surface area contributed by atoms with E-state index in [4.69, 9.17) is 10.6 Å². The van der Waals surface area contributed by atoms with Gasteiger partial charge in [0.2, 0.25) is 11.1 Å². The van der Waals surface area contributed by atoms with Crippen molar-refractivity contribution in [1.29, 1.82) is 0 Å². The molecule has 0 aliphatic heterocycles. The van der Waals surface area contributed by atoms with Crippen LogP contribution in [0.4, 0.5) is 9.39 Å². The maximum atomic E-state index is 13.9. The fraction of sp³-hybridized carbons (Fsp3) is 0.300. The Kier molecular flexibility index (Phi) is 7.29. The molecule has 0 saturated heterocycles. The first kappa shape index (κ1) is 22.8. The lowest BCUT2D eigenvalue weighted by Crippen LogP contribution is -2.18. The maximum absolute atomic E-state index is 13.9. The summed E-state index contributed by atoms with van der Waals surface area (Å²) in [6.07, 6.45) is 0.180. The third kappa shape index (κ3) is 5.23. The van der Waals surface area contributed by atoms with Crippen LogP contribution < -0.4 is 11.2 Å². The van der Waals surface area contributed by atoms with Gasteiger partial charge in [-0.2, -0.15) is 0 Å². The Morgan fingerprint density at radius 1 is 1.29 bits per heavy atom. The van der Waals surface area contributed by atoms with Gasteiger partial charge in [0.05, 0.1) is 17.9 Å². The molecule has 3 N–H and O–H groups in total. The van der Waals surface area contributed by atoms with Gasteiger partial charge in [-0.25, -0.2) is 13.9 Å². The third-order valence-corrected chi connectivity index (χ3v) is 6.56. The van der Waals surface area contributed by atoms with Crippen LogP contribution >= 0.6 is 23.1 Å². The number of hydrogen-bond acceptors (Lipinski definition) is 8. The predicted octanol–water partition coefficient (Wildman–Crippen LogP) is 3.31. The SMILES string of the molecule is CCOC(=O)c1c(NC(=O)CSc2nnc(Cc3ccccc3F)n2N)sc(C)c1C. The Morgan fingerprint density at radius 2 is 2.03 bits per heavy atom. The first-order chi connectivity index (χ1) is 14.8. The number of carbonyl (C=O) groups is 2. The molecule has 0 fully saturated rings. The zero-order valence-corrected chi connectivity index (χ0v) is 18.9. The molecule has 0 saturated carbocycles. The quantitative estimate of drug-likeness (QED) is 0.299. The van der Waals surface area contributed by atoms with E-state index in [2.05, 4.69) is 15.5 Å². The van der Waals surface area contributed by atoms with Gasteiger partial charge in [0, 0.05) is 11.3 Å². The second-order valence-corrected chi connectivity index (χ2v) is 8.75. The number of aromatic nitrogens is 3. The molecule has 0 bridgehead atoms. The first-order valence-corrected chi connectivity index (χ1v) is 11.2. The molecular weight excluding hydrogens is 441 g/mol. The molecule has 164 valence electrons. The van der Waals surface area contributed by atoms with Crippen LogP contribution in [0.1, 0.15) is 39.1 Å². The summed E-state index contributed by atoms with van der Waals surface area (Å²) in [5.41, 5.74) is 1.61. The number of benzene rings is 1. The van der Waals surface area contributed by atoms with E-state index in [1.165, 1.54) is 22.1 Å². The number of esters is 1. The predicted molar refractivity (Wildman–Crippen MR) is 118 cm³/mol. The number of hydrogen-bond donors (Lipinski definition) is 2. The molecule has 0 atom stereocenters. The zero-order chi connectivity index (χ0) is 22.5. The molecule has 0 aliphatic carbocycles. The number of halogens is 1. The number of carbonyl (C=O) groups excluding carboxylic acids is 2. The summed E-state index contributed by atoms with van der Waals surface area (Å²) in [6.45, 7) is 5.67. The second-order valence-electron chi connectivity index (χ2n) is 6.58. The molecule has 2 heterocycles. The highest BCUT2D eigenvalue weighted by atomic mass is 32.2. The van der Waals surface area contributed by atoms with Crippen molar-refractivity contribution in [3.05, 3.63) is 57.5 Å². The van der Waals surface area contributed by atoms with Crippen LogP contribution in [0.3, 0.4) is 0 Å². The van der Waals surface area contributed by atoms with Crippen LogP contribution in [0.2, 0.25) is 0 Å². The van der Waals surface area contributed by atoms with Crippen molar-refractivity contribution in [1.82, 2.24) is 14.9 Å². The number of amides is 1. The lowest BCUT2D eigenvalue weighted by molar-refractivity contribution is -0.113. The molecule has 0 radical (unpaired) electrons. The number of anilines is 1. The topological polar surface area (TPSA) is 112 Å². The van der Waals surface area contributed by atoms with E-state index in [0.29, 0.717) is 27.1 Å². The molecule has 1 aromatic carbocycles. The minimum Gasteiger partial charge on any atom is -0.462 e. The van der Waals surface area contributed by atoms with Crippen molar-refractivity contribution in [2.24, 2.45) is 0 Å². The number of nitrogens with one attached hydrogen (secondary N) is 1. The van der Waals surface area contributed by atoms with Crippen LogP contribution in [0.25, 0.3) is 0 Å². The van der Waals surface area contributed by atoms with Crippen molar-refractivity contribution < 1.29 is 18.7 Å². The number of aryl methyl sites for hydroxylation is 1. The van der Waals surface area contributed by atoms with Crippen molar-refractivity contribution >= 4 is 40.0 Å². The average molecular weight is 464 g/mol. The maximum Gasteiger partial charge on any atom is 0.341 e.